The second kappa shape index (κ2) is 9.66. The number of nitrogens with one attached hydrogen (secondary N) is 1. The molecule has 8 heteroatoms. The Hall–Kier alpha value is -2.45. The summed E-state index contributed by atoms with van der Waals surface area (Å²) in [5, 5.41) is 4.06. The monoisotopic (exact) mass is 403 g/mol. The molecule has 1 N–H and O–H groups in total. The van der Waals surface area contributed by atoms with Crippen molar-refractivity contribution in [2.75, 3.05) is 31.2 Å². The van der Waals surface area contributed by atoms with E-state index >= 15 is 0 Å². The molecule has 0 spiro atoms. The minimum atomic E-state index is -0.455. The zero-order chi connectivity index (χ0) is 19.9. The standard InChI is InChI=1S/C20H25N3O4S/c1-3-26-17(24)12-16-18(19(25)27-4-2)28-20(22-16)23(15-10-11-21-13-15)14-8-6-5-7-9-14/h5-9,15,21H,3-4,10-13H2,1-2H3. The summed E-state index contributed by atoms with van der Waals surface area (Å²) in [6.07, 6.45) is 0.917. The average molecular weight is 404 g/mol. The van der Waals surface area contributed by atoms with Gasteiger partial charge in [-0.1, -0.05) is 29.5 Å². The highest BCUT2D eigenvalue weighted by atomic mass is 32.1. The van der Waals surface area contributed by atoms with Crippen LogP contribution < -0.4 is 10.2 Å². The van der Waals surface area contributed by atoms with Crippen molar-refractivity contribution in [3.05, 3.63) is 40.9 Å². The lowest BCUT2D eigenvalue weighted by molar-refractivity contribution is -0.142. The molecule has 1 aromatic carbocycles. The number of nitrogens with zero attached hydrogens (tertiary/aromatic N) is 2. The van der Waals surface area contributed by atoms with Crippen molar-refractivity contribution in [3.8, 4) is 0 Å². The maximum Gasteiger partial charge on any atom is 0.350 e. The number of carbonyl (C=O) groups excluding carboxylic acids is 2. The molecule has 7 nitrogen and oxygen atoms in total. The first-order chi connectivity index (χ1) is 13.6. The van der Waals surface area contributed by atoms with Crippen molar-refractivity contribution in [2.24, 2.45) is 0 Å². The third-order valence-electron chi connectivity index (χ3n) is 4.40. The van der Waals surface area contributed by atoms with E-state index < -0.39 is 11.9 Å². The van der Waals surface area contributed by atoms with Gasteiger partial charge in [0.15, 0.2) is 5.13 Å². The summed E-state index contributed by atoms with van der Waals surface area (Å²) in [5.41, 5.74) is 1.41. The number of benzene rings is 1. The summed E-state index contributed by atoms with van der Waals surface area (Å²) in [5.74, 6) is -0.859. The minimum absolute atomic E-state index is 0.0516. The zero-order valence-corrected chi connectivity index (χ0v) is 17.0. The van der Waals surface area contributed by atoms with E-state index in [1.165, 1.54) is 11.3 Å². The maximum absolute atomic E-state index is 12.5. The molecule has 1 aromatic heterocycles. The molecule has 0 bridgehead atoms. The second-order valence-corrected chi connectivity index (χ2v) is 7.30. The van der Waals surface area contributed by atoms with E-state index in [0.717, 1.165) is 25.2 Å². The largest absolute Gasteiger partial charge is 0.466 e. The fourth-order valence-electron chi connectivity index (χ4n) is 3.19. The molecule has 0 aliphatic carbocycles. The van der Waals surface area contributed by atoms with Gasteiger partial charge in [0, 0.05) is 12.2 Å². The Morgan fingerprint density at radius 2 is 1.96 bits per heavy atom. The third-order valence-corrected chi connectivity index (χ3v) is 5.48. The minimum Gasteiger partial charge on any atom is -0.466 e. The third kappa shape index (κ3) is 4.69. The first kappa shape index (κ1) is 20.3. The summed E-state index contributed by atoms with van der Waals surface area (Å²) in [7, 11) is 0. The van der Waals surface area contributed by atoms with Gasteiger partial charge in [-0.2, -0.15) is 0 Å². The molecule has 1 aliphatic heterocycles. The zero-order valence-electron chi connectivity index (χ0n) is 16.1. The predicted octanol–water partition coefficient (Wildman–Crippen LogP) is 2.93. The van der Waals surface area contributed by atoms with Gasteiger partial charge in [0.1, 0.15) is 4.88 Å². The molecule has 1 aliphatic rings. The molecule has 2 heterocycles. The van der Waals surface area contributed by atoms with Gasteiger partial charge in [0.05, 0.1) is 31.4 Å². The number of anilines is 2. The highest BCUT2D eigenvalue weighted by molar-refractivity contribution is 7.17. The summed E-state index contributed by atoms with van der Waals surface area (Å²) in [6.45, 7) is 5.82. The molecular formula is C20H25N3O4S. The molecule has 1 unspecified atom stereocenters. The smallest absolute Gasteiger partial charge is 0.350 e. The Kier molecular flexibility index (Phi) is 7.00. The number of aromatic nitrogens is 1. The van der Waals surface area contributed by atoms with Crippen molar-refractivity contribution in [1.82, 2.24) is 10.3 Å². The fourth-order valence-corrected chi connectivity index (χ4v) is 4.26. The number of hydrogen-bond donors (Lipinski definition) is 1. The number of rotatable bonds is 8. The Labute approximate surface area is 168 Å². The molecule has 150 valence electrons. The van der Waals surface area contributed by atoms with Crippen LogP contribution in [0.25, 0.3) is 0 Å². The van der Waals surface area contributed by atoms with Gasteiger partial charge in [-0.05, 0) is 38.9 Å². The Morgan fingerprint density at radius 1 is 1.21 bits per heavy atom. The number of para-hydroxylation sites is 1. The molecule has 0 saturated carbocycles. The van der Waals surface area contributed by atoms with Crippen molar-refractivity contribution < 1.29 is 19.1 Å². The molecule has 1 atom stereocenters. The van der Waals surface area contributed by atoms with Crippen molar-refractivity contribution in [3.63, 3.8) is 0 Å². The first-order valence-electron chi connectivity index (χ1n) is 9.51. The maximum atomic E-state index is 12.5. The average Bonchev–Trinajstić information content (AvgIpc) is 3.34. The van der Waals surface area contributed by atoms with Crippen LogP contribution in [0.4, 0.5) is 10.8 Å². The van der Waals surface area contributed by atoms with Crippen LogP contribution in [0.2, 0.25) is 0 Å². The topological polar surface area (TPSA) is 80.8 Å². The molecule has 0 radical (unpaired) electrons. The van der Waals surface area contributed by atoms with Crippen LogP contribution in [0.5, 0.6) is 0 Å². The first-order valence-corrected chi connectivity index (χ1v) is 10.3. The number of hydrogen-bond acceptors (Lipinski definition) is 8. The summed E-state index contributed by atoms with van der Waals surface area (Å²) in [4.78, 5) is 31.7. The van der Waals surface area contributed by atoms with Crippen molar-refractivity contribution >= 4 is 34.1 Å². The predicted molar refractivity (Wildman–Crippen MR) is 108 cm³/mol. The van der Waals surface area contributed by atoms with E-state index in [9.17, 15) is 9.59 Å². The lowest BCUT2D eigenvalue weighted by atomic mass is 10.2. The van der Waals surface area contributed by atoms with Gasteiger partial charge in [0.2, 0.25) is 0 Å². The van der Waals surface area contributed by atoms with E-state index in [0.29, 0.717) is 15.7 Å². The molecule has 0 amide bonds. The highest BCUT2D eigenvalue weighted by Gasteiger charge is 2.30. The van der Waals surface area contributed by atoms with Crippen molar-refractivity contribution in [1.29, 1.82) is 0 Å². The quantitative estimate of drug-likeness (QED) is 0.679. The van der Waals surface area contributed by atoms with Crippen LogP contribution in [0.15, 0.2) is 30.3 Å². The summed E-state index contributed by atoms with van der Waals surface area (Å²) < 4.78 is 10.2. The molecule has 28 heavy (non-hydrogen) atoms. The van der Waals surface area contributed by atoms with Gasteiger partial charge in [-0.15, -0.1) is 0 Å². The van der Waals surface area contributed by atoms with E-state index in [1.54, 1.807) is 13.8 Å². The van der Waals surface area contributed by atoms with E-state index in [1.807, 2.05) is 30.3 Å². The number of carbonyl (C=O) groups is 2. The summed E-state index contributed by atoms with van der Waals surface area (Å²) in [6, 6.07) is 10.2. The number of esters is 2. The van der Waals surface area contributed by atoms with E-state index in [4.69, 9.17) is 9.47 Å². The van der Waals surface area contributed by atoms with Crippen molar-refractivity contribution in [2.45, 2.75) is 32.7 Å². The van der Waals surface area contributed by atoms with Gasteiger partial charge < -0.3 is 19.7 Å². The normalized spacial score (nSPS) is 16.0. The Balaban J connectivity index is 1.99. The van der Waals surface area contributed by atoms with Gasteiger partial charge in [0.25, 0.3) is 0 Å². The number of ether oxygens (including phenoxy) is 2. The SMILES string of the molecule is CCOC(=O)Cc1nc(N(c2ccccc2)C2CCNC2)sc1C(=O)OCC. The number of thiazole rings is 1. The van der Waals surface area contributed by atoms with Crippen LogP contribution in [-0.2, 0) is 20.7 Å². The van der Waals surface area contributed by atoms with Gasteiger partial charge in [-0.3, -0.25) is 4.79 Å². The van der Waals surface area contributed by atoms with Crippen LogP contribution >= 0.6 is 11.3 Å². The molecular weight excluding hydrogens is 378 g/mol. The molecule has 1 fully saturated rings. The van der Waals surface area contributed by atoms with Crippen LogP contribution in [-0.4, -0.2) is 49.3 Å². The molecule has 1 saturated heterocycles. The van der Waals surface area contributed by atoms with Crippen LogP contribution in [0.3, 0.4) is 0 Å². The lowest BCUT2D eigenvalue weighted by Gasteiger charge is -2.28. The highest BCUT2D eigenvalue weighted by Crippen LogP contribution is 2.35. The van der Waals surface area contributed by atoms with E-state index in [-0.39, 0.29) is 25.7 Å². The van der Waals surface area contributed by atoms with E-state index in [2.05, 4.69) is 15.2 Å². The van der Waals surface area contributed by atoms with Crippen LogP contribution in [0, 0.1) is 0 Å². The molecule has 2 aromatic rings. The Morgan fingerprint density at radius 3 is 2.61 bits per heavy atom. The lowest BCUT2D eigenvalue weighted by Crippen LogP contribution is -2.32. The van der Waals surface area contributed by atoms with Crippen LogP contribution in [0.1, 0.15) is 35.6 Å². The van der Waals surface area contributed by atoms with Gasteiger partial charge in [-0.25, -0.2) is 9.78 Å². The second-order valence-electron chi connectivity index (χ2n) is 6.33. The Bertz CT molecular complexity index is 803. The summed E-state index contributed by atoms with van der Waals surface area (Å²) >= 11 is 1.26. The fraction of sp³-hybridized carbons (Fsp3) is 0.450. The van der Waals surface area contributed by atoms with Gasteiger partial charge >= 0.3 is 11.9 Å². The molecule has 3 rings (SSSR count).